The molecule has 4 fully saturated rings. The van der Waals surface area contributed by atoms with Crippen LogP contribution in [0.15, 0.2) is 0 Å². The molecule has 0 N–H and O–H groups in total. The van der Waals surface area contributed by atoms with Crippen molar-refractivity contribution in [1.29, 1.82) is 0 Å². The smallest absolute Gasteiger partial charge is 0.326 e. The molecule has 7 heteroatoms. The van der Waals surface area contributed by atoms with E-state index < -0.39 is 5.97 Å². The first-order valence-corrected chi connectivity index (χ1v) is 10.6. The Balaban J connectivity index is 1.43. The molecule has 132 valence electrons. The van der Waals surface area contributed by atoms with Crippen LogP contribution < -0.4 is 0 Å². The van der Waals surface area contributed by atoms with Crippen LogP contribution in [0, 0.1) is 23.7 Å². The van der Waals surface area contributed by atoms with Crippen LogP contribution in [0.25, 0.3) is 0 Å². The number of carbonyl (C=O) groups is 3. The molecule has 2 bridgehead atoms. The number of carbonyl (C=O) groups excluding carboxylic acids is 3. The number of fused-ring (bicyclic) bond motifs is 5. The summed E-state index contributed by atoms with van der Waals surface area (Å²) in [6, 6.07) is 0. The predicted molar refractivity (Wildman–Crippen MR) is 93.7 cm³/mol. The number of amides is 2. The normalized spacial score (nSPS) is 41.8. The Kier molecular flexibility index (Phi) is 4.52. The summed E-state index contributed by atoms with van der Waals surface area (Å²) in [7, 11) is 0. The minimum Gasteiger partial charge on any atom is -0.461 e. The van der Waals surface area contributed by atoms with E-state index in [2.05, 4.69) is 31.9 Å². The molecule has 4 rings (SSSR count). The van der Waals surface area contributed by atoms with Crippen LogP contribution in [0.4, 0.5) is 0 Å². The standard InChI is InChI=1S/C17H21Br2NO4/c18-14-9-6-10(15(14)19)13-12(9)16(22)20(17(13)23)7-11(21)24-8-4-2-1-3-5-8/h8-10,12-15H,1-7H2/t9-,10-,12-,13-,14-,15+/m1/s1. The van der Waals surface area contributed by atoms with Crippen molar-refractivity contribution in [3.8, 4) is 0 Å². The van der Waals surface area contributed by atoms with Gasteiger partial charge in [-0.25, -0.2) is 0 Å². The molecule has 6 atom stereocenters. The maximum atomic E-state index is 12.7. The van der Waals surface area contributed by atoms with Gasteiger partial charge in [-0.15, -0.1) is 0 Å². The number of esters is 1. The van der Waals surface area contributed by atoms with Crippen molar-refractivity contribution in [2.45, 2.75) is 54.3 Å². The second kappa shape index (κ2) is 6.38. The number of hydrogen-bond acceptors (Lipinski definition) is 4. The molecule has 3 aliphatic carbocycles. The molecule has 0 spiro atoms. The summed E-state index contributed by atoms with van der Waals surface area (Å²) in [5.41, 5.74) is 0. The zero-order valence-corrected chi connectivity index (χ0v) is 16.5. The van der Waals surface area contributed by atoms with Gasteiger partial charge in [0.25, 0.3) is 0 Å². The molecular formula is C17H21Br2NO4. The summed E-state index contributed by atoms with van der Waals surface area (Å²) in [4.78, 5) is 39.2. The van der Waals surface area contributed by atoms with Gasteiger partial charge in [0, 0.05) is 9.65 Å². The summed E-state index contributed by atoms with van der Waals surface area (Å²) in [5.74, 6) is -0.961. The lowest BCUT2D eigenvalue weighted by molar-refractivity contribution is -0.158. The third-order valence-corrected chi connectivity index (χ3v) is 9.42. The van der Waals surface area contributed by atoms with Gasteiger partial charge in [0.15, 0.2) is 0 Å². The number of hydrogen-bond donors (Lipinski definition) is 0. The highest BCUT2D eigenvalue weighted by Gasteiger charge is 2.66. The molecule has 0 unspecified atom stereocenters. The highest BCUT2D eigenvalue weighted by atomic mass is 79.9. The summed E-state index contributed by atoms with van der Waals surface area (Å²) < 4.78 is 5.48. The van der Waals surface area contributed by atoms with E-state index in [-0.39, 0.29) is 57.8 Å². The molecule has 3 saturated carbocycles. The SMILES string of the molecule is O=C(CN1C(=O)[C@@H]2[C@H]3C[C@@H]([C@@H](Br)[C@H]3Br)[C@H]2C1=O)OC1CCCCC1. The largest absolute Gasteiger partial charge is 0.461 e. The Morgan fingerprint density at radius 2 is 1.54 bits per heavy atom. The van der Waals surface area contributed by atoms with Crippen molar-refractivity contribution in [2.75, 3.05) is 6.54 Å². The lowest BCUT2D eigenvalue weighted by Crippen LogP contribution is -2.39. The molecule has 0 aromatic heterocycles. The van der Waals surface area contributed by atoms with E-state index in [1.807, 2.05) is 0 Å². The third kappa shape index (κ3) is 2.57. The molecule has 2 amide bonds. The highest BCUT2D eigenvalue weighted by molar-refractivity contribution is 9.12. The number of imide groups is 1. The first kappa shape index (κ1) is 17.0. The van der Waals surface area contributed by atoms with Gasteiger partial charge in [-0.05, 0) is 43.9 Å². The molecule has 1 heterocycles. The van der Waals surface area contributed by atoms with Crippen LogP contribution in [-0.2, 0) is 19.1 Å². The van der Waals surface area contributed by atoms with Crippen LogP contribution in [0.2, 0.25) is 0 Å². The van der Waals surface area contributed by atoms with Crippen molar-refractivity contribution in [1.82, 2.24) is 4.90 Å². The fourth-order valence-corrected chi connectivity index (χ4v) is 6.98. The first-order valence-electron chi connectivity index (χ1n) is 8.82. The zero-order valence-electron chi connectivity index (χ0n) is 13.3. The van der Waals surface area contributed by atoms with E-state index in [0.29, 0.717) is 0 Å². The Hall–Kier alpha value is -0.430. The second-order valence-electron chi connectivity index (χ2n) is 7.52. The van der Waals surface area contributed by atoms with Gasteiger partial charge in [0.1, 0.15) is 12.6 Å². The Morgan fingerprint density at radius 1 is 1.00 bits per heavy atom. The van der Waals surface area contributed by atoms with Gasteiger partial charge in [-0.2, -0.15) is 0 Å². The maximum absolute atomic E-state index is 12.7. The van der Waals surface area contributed by atoms with Gasteiger partial charge in [0.2, 0.25) is 11.8 Å². The van der Waals surface area contributed by atoms with E-state index >= 15 is 0 Å². The van der Waals surface area contributed by atoms with E-state index in [1.54, 1.807) is 0 Å². The van der Waals surface area contributed by atoms with Gasteiger partial charge >= 0.3 is 5.97 Å². The number of rotatable bonds is 3. The Morgan fingerprint density at radius 3 is 2.08 bits per heavy atom. The van der Waals surface area contributed by atoms with E-state index in [1.165, 1.54) is 6.42 Å². The number of likely N-dealkylation sites (tertiary alicyclic amines) is 1. The Bertz CT molecular complexity index is 545. The lowest BCUT2D eigenvalue weighted by Gasteiger charge is -2.28. The van der Waals surface area contributed by atoms with Gasteiger partial charge in [-0.1, -0.05) is 38.3 Å². The molecule has 24 heavy (non-hydrogen) atoms. The second-order valence-corrected chi connectivity index (χ2v) is 9.63. The van der Waals surface area contributed by atoms with Crippen molar-refractivity contribution in [3.05, 3.63) is 0 Å². The maximum Gasteiger partial charge on any atom is 0.326 e. The van der Waals surface area contributed by atoms with Crippen LogP contribution in [-0.4, -0.2) is 45.0 Å². The first-order chi connectivity index (χ1) is 11.5. The van der Waals surface area contributed by atoms with Crippen LogP contribution in [0.1, 0.15) is 38.5 Å². The zero-order chi connectivity index (χ0) is 17.0. The minimum atomic E-state index is -0.443. The molecule has 0 aromatic rings. The number of nitrogens with zero attached hydrogens (tertiary/aromatic N) is 1. The fourth-order valence-electron chi connectivity index (χ4n) is 5.10. The number of alkyl halides is 2. The van der Waals surface area contributed by atoms with E-state index in [4.69, 9.17) is 4.74 Å². The molecule has 5 nitrogen and oxygen atoms in total. The minimum absolute atomic E-state index is 0.0476. The van der Waals surface area contributed by atoms with Crippen LogP contribution >= 0.6 is 31.9 Å². The number of ether oxygens (including phenoxy) is 1. The van der Waals surface area contributed by atoms with Gasteiger partial charge in [-0.3, -0.25) is 19.3 Å². The lowest BCUT2D eigenvalue weighted by atomic mass is 9.81. The van der Waals surface area contributed by atoms with Crippen molar-refractivity contribution < 1.29 is 19.1 Å². The fraction of sp³-hybridized carbons (Fsp3) is 0.824. The van der Waals surface area contributed by atoms with Crippen LogP contribution in [0.3, 0.4) is 0 Å². The van der Waals surface area contributed by atoms with E-state index in [0.717, 1.165) is 37.0 Å². The number of halogens is 2. The summed E-state index contributed by atoms with van der Waals surface area (Å²) in [5, 5.41) is 0. The van der Waals surface area contributed by atoms with Gasteiger partial charge < -0.3 is 4.74 Å². The quantitative estimate of drug-likeness (QED) is 0.367. The average molecular weight is 463 g/mol. The van der Waals surface area contributed by atoms with Crippen molar-refractivity contribution in [3.63, 3.8) is 0 Å². The average Bonchev–Trinajstić information content (AvgIpc) is 3.16. The van der Waals surface area contributed by atoms with Crippen molar-refractivity contribution >= 4 is 49.6 Å². The summed E-state index contributed by atoms with van der Waals surface area (Å²) in [6.45, 7) is -0.222. The monoisotopic (exact) mass is 461 g/mol. The van der Waals surface area contributed by atoms with Gasteiger partial charge in [0.05, 0.1) is 11.8 Å². The van der Waals surface area contributed by atoms with Crippen LogP contribution in [0.5, 0.6) is 0 Å². The Labute approximate surface area is 158 Å². The molecular weight excluding hydrogens is 442 g/mol. The molecule has 0 radical (unpaired) electrons. The molecule has 4 aliphatic rings. The molecule has 1 saturated heterocycles. The highest BCUT2D eigenvalue weighted by Crippen LogP contribution is 2.60. The molecule has 0 aromatic carbocycles. The third-order valence-electron chi connectivity index (χ3n) is 6.22. The topological polar surface area (TPSA) is 63.7 Å². The van der Waals surface area contributed by atoms with E-state index in [9.17, 15) is 14.4 Å². The molecule has 1 aliphatic heterocycles. The predicted octanol–water partition coefficient (Wildman–Crippen LogP) is 2.64. The summed E-state index contributed by atoms with van der Waals surface area (Å²) in [6.07, 6.45) is 5.97. The van der Waals surface area contributed by atoms with Crippen molar-refractivity contribution in [2.24, 2.45) is 23.7 Å². The summed E-state index contributed by atoms with van der Waals surface area (Å²) >= 11 is 7.32.